The molecule has 0 bridgehead atoms. The number of rotatable bonds is 6. The Balaban J connectivity index is 0.000000166. The highest BCUT2D eigenvalue weighted by atomic mass is 35.5. The number of nitrogens with one attached hydrogen (secondary N) is 1. The van der Waals surface area contributed by atoms with Crippen LogP contribution in [0, 0.1) is 124 Å². The molecule has 10 fully saturated rings. The minimum absolute atomic E-state index is 0.269. The summed E-state index contributed by atoms with van der Waals surface area (Å²) in [6.07, 6.45) is 29.9. The molecular weight excluding hydrogens is 898 g/mol. The van der Waals surface area contributed by atoms with Crippen molar-refractivity contribution >= 4 is 29.0 Å². The largest absolute Gasteiger partial charge is 0.378 e. The van der Waals surface area contributed by atoms with Crippen LogP contribution in [0.4, 0.5) is 0 Å². The molecule has 1 aliphatic heterocycles. The lowest BCUT2D eigenvalue weighted by Gasteiger charge is -2.57. The third-order valence-corrected chi connectivity index (χ3v) is 20.9. The standard InChI is InChI=1S/C26H39ClO3.C25H36O2.C6H15N.C4H5Cl/c1-24-12-9-20-19-10-13-26(28,11-3-4-14-27)17-18(19)5-6-21(20)22(24)7-8-23(24)25(2)29-15-16-30-25;1-16(26)22-7-8-23-21-6-5-18-15-25(27,13-9-17-3-4-17)14-11-19(18)20(21)10-12-24(22,23)2;1-5(2)7-6(3)4;1-2-3-4-5/h18-23,28H,4-10,12-17H2,1-2H3;17-23,27H,3-8,10-12,14-15H2,1-2H3;5-7H,1-4H3;1H,3-4H2/t18?,19-,20?,21?,22?,23-,24-,26+;18?,19-,20?,21?,22+,23?,24+,25+;;/m00../s1. The van der Waals surface area contributed by atoms with E-state index >= 15 is 0 Å². The molecule has 9 aliphatic carbocycles. The molecule has 1 saturated heterocycles. The Labute approximate surface area is 431 Å². The number of halogens is 2. The van der Waals surface area contributed by atoms with Gasteiger partial charge in [-0.25, -0.2) is 0 Å². The van der Waals surface area contributed by atoms with Crippen molar-refractivity contribution < 1.29 is 24.5 Å². The van der Waals surface area contributed by atoms with Crippen molar-refractivity contribution in [1.29, 1.82) is 0 Å². The van der Waals surface area contributed by atoms with E-state index < -0.39 is 11.2 Å². The van der Waals surface area contributed by atoms with Gasteiger partial charge in [0.15, 0.2) is 5.79 Å². The zero-order valence-electron chi connectivity index (χ0n) is 44.5. The minimum atomic E-state index is -0.770. The van der Waals surface area contributed by atoms with Crippen LogP contribution in [-0.4, -0.2) is 70.0 Å². The summed E-state index contributed by atoms with van der Waals surface area (Å²) < 4.78 is 12.3. The highest BCUT2D eigenvalue weighted by Gasteiger charge is 2.63. The molecule has 8 unspecified atom stereocenters. The molecular formula is C61H95Cl2NO5. The molecule has 0 amide bonds. The van der Waals surface area contributed by atoms with Crippen LogP contribution in [0.2, 0.25) is 0 Å². The van der Waals surface area contributed by atoms with Crippen LogP contribution in [0.15, 0.2) is 0 Å². The molecule has 16 atom stereocenters. The third-order valence-electron chi connectivity index (χ3n) is 20.5. The average Bonchev–Trinajstić information content (AvgIpc) is 3.74. The van der Waals surface area contributed by atoms with Crippen LogP contribution < -0.4 is 5.32 Å². The maximum atomic E-state index is 12.2. The Bertz CT molecular complexity index is 1880. The van der Waals surface area contributed by atoms with Crippen LogP contribution in [0.5, 0.6) is 0 Å². The number of carbonyl (C=O) groups is 1. The summed E-state index contributed by atoms with van der Waals surface area (Å²) in [7, 11) is 0. The topological polar surface area (TPSA) is 88.0 Å². The lowest BCUT2D eigenvalue weighted by Crippen LogP contribution is -2.53. The highest BCUT2D eigenvalue weighted by molar-refractivity contribution is 6.18. The number of aliphatic hydroxyl groups is 2. The summed E-state index contributed by atoms with van der Waals surface area (Å²) in [6.45, 7) is 19.1. The summed E-state index contributed by atoms with van der Waals surface area (Å²) in [5, 5.41) is 25.4. The van der Waals surface area contributed by atoms with Gasteiger partial charge < -0.3 is 25.0 Å². The van der Waals surface area contributed by atoms with Gasteiger partial charge in [0.05, 0.1) is 13.2 Å². The van der Waals surface area contributed by atoms with Gasteiger partial charge in [0, 0.05) is 54.4 Å². The van der Waals surface area contributed by atoms with Crippen molar-refractivity contribution in [3.8, 4) is 36.0 Å². The fourth-order valence-corrected chi connectivity index (χ4v) is 17.9. The second-order valence-corrected chi connectivity index (χ2v) is 26.3. The number of terminal acetylenes is 1. The smallest absolute Gasteiger partial charge is 0.169 e. The number of fused-ring (bicyclic) bond motifs is 10. The molecule has 0 aromatic heterocycles. The molecule has 69 heavy (non-hydrogen) atoms. The monoisotopic (exact) mass is 992 g/mol. The van der Waals surface area contributed by atoms with E-state index in [1.807, 2.05) is 6.92 Å². The summed E-state index contributed by atoms with van der Waals surface area (Å²) in [6, 6.07) is 1.25. The highest BCUT2D eigenvalue weighted by Crippen LogP contribution is 2.68. The molecule has 388 valence electrons. The number of alkyl halides is 2. The Morgan fingerprint density at radius 3 is 1.62 bits per heavy atom. The van der Waals surface area contributed by atoms with Crippen molar-refractivity contribution in [3.63, 3.8) is 0 Å². The molecule has 1 heterocycles. The van der Waals surface area contributed by atoms with Crippen molar-refractivity contribution in [2.45, 2.75) is 226 Å². The van der Waals surface area contributed by atoms with Gasteiger partial charge in [0.25, 0.3) is 0 Å². The molecule has 3 N–H and O–H groups in total. The summed E-state index contributed by atoms with van der Waals surface area (Å²) in [5.41, 5.74) is -0.846. The van der Waals surface area contributed by atoms with Gasteiger partial charge in [-0.05, 0) is 212 Å². The van der Waals surface area contributed by atoms with E-state index in [0.717, 1.165) is 99.1 Å². The van der Waals surface area contributed by atoms with Crippen LogP contribution in [0.25, 0.3) is 0 Å². The van der Waals surface area contributed by atoms with Crippen molar-refractivity contribution in [3.05, 3.63) is 0 Å². The zero-order chi connectivity index (χ0) is 49.8. The number of hydrogen-bond acceptors (Lipinski definition) is 6. The number of Topliss-reactive ketones (excluding diaryl/α,β-unsaturated/α-hetero) is 1. The van der Waals surface area contributed by atoms with E-state index in [0.29, 0.717) is 77.5 Å². The Morgan fingerprint density at radius 2 is 1.14 bits per heavy atom. The number of ketones is 1. The Kier molecular flexibility index (Phi) is 18.9. The molecule has 6 nitrogen and oxygen atoms in total. The zero-order valence-corrected chi connectivity index (χ0v) is 46.0. The van der Waals surface area contributed by atoms with Crippen LogP contribution >= 0.6 is 23.2 Å². The maximum Gasteiger partial charge on any atom is 0.169 e. The van der Waals surface area contributed by atoms with Crippen LogP contribution in [0.3, 0.4) is 0 Å². The fraction of sp³-hybridized carbons (Fsp3) is 0.885. The molecule has 8 heteroatoms. The van der Waals surface area contributed by atoms with Gasteiger partial charge in [-0.1, -0.05) is 65.2 Å². The van der Waals surface area contributed by atoms with E-state index in [9.17, 15) is 15.0 Å². The van der Waals surface area contributed by atoms with Gasteiger partial charge >= 0.3 is 0 Å². The number of hydrogen-bond donors (Lipinski definition) is 3. The van der Waals surface area contributed by atoms with Crippen LogP contribution in [0.1, 0.15) is 197 Å². The molecule has 0 radical (unpaired) electrons. The van der Waals surface area contributed by atoms with Crippen molar-refractivity contribution in [2.75, 3.05) is 25.0 Å². The van der Waals surface area contributed by atoms with Gasteiger partial charge in [0.2, 0.25) is 0 Å². The average molecular weight is 993 g/mol. The second-order valence-electron chi connectivity index (χ2n) is 25.5. The number of carbonyl (C=O) groups excluding carboxylic acids is 1. The lowest BCUT2D eigenvalue weighted by atomic mass is 9.48. The minimum Gasteiger partial charge on any atom is -0.378 e. The van der Waals surface area contributed by atoms with Crippen molar-refractivity contribution in [1.82, 2.24) is 5.32 Å². The van der Waals surface area contributed by atoms with Gasteiger partial charge in [0.1, 0.15) is 17.0 Å². The Hall–Kier alpha value is -1.27. The first-order chi connectivity index (χ1) is 32.8. The third kappa shape index (κ3) is 12.6. The molecule has 10 rings (SSSR count). The van der Waals surface area contributed by atoms with E-state index in [4.69, 9.17) is 39.1 Å². The molecule has 9 saturated carbocycles. The first-order valence-corrected chi connectivity index (χ1v) is 29.5. The number of ether oxygens (including phenoxy) is 2. The maximum absolute atomic E-state index is 12.2. The lowest BCUT2D eigenvalue weighted by molar-refractivity contribution is -0.215. The van der Waals surface area contributed by atoms with E-state index in [-0.39, 0.29) is 11.2 Å². The summed E-state index contributed by atoms with van der Waals surface area (Å²) in [4.78, 5) is 12.2. The second kappa shape index (κ2) is 23.5. The molecule has 10 aliphatic rings. The van der Waals surface area contributed by atoms with E-state index in [1.165, 1.54) is 89.9 Å². The Morgan fingerprint density at radius 1 is 0.638 bits per heavy atom. The molecule has 0 aromatic rings. The first kappa shape index (κ1) is 55.5. The molecule has 0 aromatic carbocycles. The van der Waals surface area contributed by atoms with Gasteiger partial charge in [-0.3, -0.25) is 4.79 Å². The fourth-order valence-electron chi connectivity index (χ4n) is 17.7. The first-order valence-electron chi connectivity index (χ1n) is 28.4. The van der Waals surface area contributed by atoms with E-state index in [2.05, 4.69) is 83.4 Å². The van der Waals surface area contributed by atoms with Crippen molar-refractivity contribution in [2.24, 2.45) is 87.8 Å². The van der Waals surface area contributed by atoms with E-state index in [1.54, 1.807) is 0 Å². The normalized spacial score (nSPS) is 43.2. The predicted octanol–water partition coefficient (Wildman–Crippen LogP) is 13.0. The van der Waals surface area contributed by atoms with Gasteiger partial charge in [-0.2, -0.15) is 0 Å². The van der Waals surface area contributed by atoms with Crippen LogP contribution in [-0.2, 0) is 14.3 Å². The molecule has 0 spiro atoms. The SMILES string of the molecule is C#CCCCl.CC(=O)[C@H]1CCC2C3CCC4C[C@@](O)(C#CC5CC5)CC[C@@H]4C3CC[C@@]21C.CC(C)NC(C)C.CC1([C@H]2CCC3C4CCC5C[C@@](O)(C#CCCCl)CC[C@@H]5C4CC[C@@]32C)OCCO1. The summed E-state index contributed by atoms with van der Waals surface area (Å²) >= 11 is 10.9. The predicted molar refractivity (Wildman–Crippen MR) is 283 cm³/mol. The quantitative estimate of drug-likeness (QED) is 0.182. The summed E-state index contributed by atoms with van der Waals surface area (Å²) in [5.74, 6) is 25.8. The van der Waals surface area contributed by atoms with Gasteiger partial charge in [-0.15, -0.1) is 35.5 Å².